The summed E-state index contributed by atoms with van der Waals surface area (Å²) < 4.78 is 10.3. The Bertz CT molecular complexity index is 883. The van der Waals surface area contributed by atoms with Gasteiger partial charge in [-0.2, -0.15) is 4.98 Å². The fourth-order valence-corrected chi connectivity index (χ4v) is 4.00. The number of aromatic nitrogens is 3. The smallest absolute Gasteiger partial charge is 0.320 e. The minimum Gasteiger partial charge on any atom is -0.481 e. The first-order valence-corrected chi connectivity index (χ1v) is 9.86. The van der Waals surface area contributed by atoms with Crippen molar-refractivity contribution in [2.75, 3.05) is 6.79 Å². The number of aliphatic carboxylic acids is 1. The van der Waals surface area contributed by atoms with E-state index >= 15 is 0 Å². The minimum atomic E-state index is -1.24. The van der Waals surface area contributed by atoms with Gasteiger partial charge in [0.2, 0.25) is 12.7 Å². The molecule has 2 aromatic rings. The van der Waals surface area contributed by atoms with Crippen molar-refractivity contribution in [2.45, 2.75) is 50.4 Å². The lowest BCUT2D eigenvalue weighted by Crippen LogP contribution is -2.15. The molecule has 28 heavy (non-hydrogen) atoms. The van der Waals surface area contributed by atoms with E-state index in [1.165, 1.54) is 17.3 Å². The summed E-state index contributed by atoms with van der Waals surface area (Å²) in [4.78, 5) is 35.3. The van der Waals surface area contributed by atoms with Crippen molar-refractivity contribution >= 4 is 23.7 Å². The number of ether oxygens (including phenoxy) is 2. The highest BCUT2D eigenvalue weighted by Gasteiger charge is 2.21. The van der Waals surface area contributed by atoms with Gasteiger partial charge in [0.1, 0.15) is 6.42 Å². The van der Waals surface area contributed by atoms with E-state index in [4.69, 9.17) is 14.6 Å². The topological polar surface area (TPSA) is 112 Å². The molecule has 0 saturated carbocycles. The second-order valence-electron chi connectivity index (χ2n) is 6.42. The van der Waals surface area contributed by atoms with Gasteiger partial charge in [-0.05, 0) is 50.3 Å². The van der Waals surface area contributed by atoms with Crippen molar-refractivity contribution in [3.05, 3.63) is 40.3 Å². The Morgan fingerprint density at radius 3 is 2.82 bits per heavy atom. The highest BCUT2D eigenvalue weighted by Crippen LogP contribution is 2.32. The normalized spacial score (nSPS) is 12.5. The SMILES string of the molecule is Cc1ccnc(C)c1CSc1nc2c(c(OCOC(=O)CC(=O)O)n1)CCC2. The zero-order chi connectivity index (χ0) is 20.1. The Hall–Kier alpha value is -2.68. The number of esters is 1. The van der Waals surface area contributed by atoms with Crippen molar-refractivity contribution in [3.8, 4) is 5.88 Å². The molecule has 148 valence electrons. The fourth-order valence-electron chi connectivity index (χ4n) is 2.97. The van der Waals surface area contributed by atoms with Crippen LogP contribution in [-0.2, 0) is 32.9 Å². The predicted octanol–water partition coefficient (Wildman–Crippen LogP) is 2.62. The Kier molecular flexibility index (Phi) is 6.45. The number of hydrogen-bond donors (Lipinski definition) is 1. The lowest BCUT2D eigenvalue weighted by Gasteiger charge is -2.12. The quantitative estimate of drug-likeness (QED) is 0.234. The van der Waals surface area contributed by atoms with E-state index < -0.39 is 18.4 Å². The molecule has 2 heterocycles. The third-order valence-corrected chi connectivity index (χ3v) is 5.31. The van der Waals surface area contributed by atoms with Crippen LogP contribution in [0.5, 0.6) is 5.88 Å². The predicted molar refractivity (Wildman–Crippen MR) is 101 cm³/mol. The zero-order valence-corrected chi connectivity index (χ0v) is 16.5. The van der Waals surface area contributed by atoms with Gasteiger partial charge in [-0.1, -0.05) is 11.8 Å². The van der Waals surface area contributed by atoms with Crippen LogP contribution in [0.4, 0.5) is 0 Å². The molecule has 0 radical (unpaired) electrons. The molecule has 2 aromatic heterocycles. The van der Waals surface area contributed by atoms with E-state index in [9.17, 15) is 9.59 Å². The van der Waals surface area contributed by atoms with Crippen molar-refractivity contribution < 1.29 is 24.2 Å². The van der Waals surface area contributed by atoms with Gasteiger partial charge >= 0.3 is 11.9 Å². The number of thioether (sulfide) groups is 1. The lowest BCUT2D eigenvalue weighted by molar-refractivity contribution is -0.156. The van der Waals surface area contributed by atoms with Gasteiger partial charge in [-0.25, -0.2) is 4.98 Å². The number of carboxylic acid groups (broad SMARTS) is 1. The largest absolute Gasteiger partial charge is 0.481 e. The van der Waals surface area contributed by atoms with Crippen LogP contribution in [0.2, 0.25) is 0 Å². The average molecular weight is 403 g/mol. The molecule has 0 aliphatic heterocycles. The molecule has 0 bridgehead atoms. The number of carboxylic acids is 1. The summed E-state index contributed by atoms with van der Waals surface area (Å²) in [7, 11) is 0. The van der Waals surface area contributed by atoms with Crippen LogP contribution in [0.1, 0.15) is 40.9 Å². The first-order chi connectivity index (χ1) is 13.4. The molecular formula is C19H21N3O5S. The van der Waals surface area contributed by atoms with Gasteiger partial charge in [0.05, 0.1) is 5.69 Å². The molecule has 0 saturated heterocycles. The third kappa shape index (κ3) is 4.98. The van der Waals surface area contributed by atoms with Gasteiger partial charge in [-0.3, -0.25) is 14.6 Å². The van der Waals surface area contributed by atoms with Crippen LogP contribution in [0.3, 0.4) is 0 Å². The van der Waals surface area contributed by atoms with Crippen molar-refractivity contribution in [3.63, 3.8) is 0 Å². The molecule has 0 atom stereocenters. The van der Waals surface area contributed by atoms with Gasteiger partial charge in [0.15, 0.2) is 5.16 Å². The molecule has 9 heteroatoms. The summed E-state index contributed by atoms with van der Waals surface area (Å²) in [6.45, 7) is 3.65. The Morgan fingerprint density at radius 2 is 2.07 bits per heavy atom. The Morgan fingerprint density at radius 1 is 1.25 bits per heavy atom. The molecule has 3 rings (SSSR count). The van der Waals surface area contributed by atoms with Gasteiger partial charge in [0.25, 0.3) is 0 Å². The van der Waals surface area contributed by atoms with E-state index in [0.29, 0.717) is 16.8 Å². The molecule has 0 aromatic carbocycles. The van der Waals surface area contributed by atoms with Gasteiger partial charge < -0.3 is 14.6 Å². The highest BCUT2D eigenvalue weighted by molar-refractivity contribution is 7.98. The lowest BCUT2D eigenvalue weighted by atomic mass is 10.1. The second-order valence-corrected chi connectivity index (χ2v) is 7.36. The van der Waals surface area contributed by atoms with Crippen LogP contribution in [0.15, 0.2) is 17.4 Å². The Labute approximate surface area is 166 Å². The maximum Gasteiger partial charge on any atom is 0.320 e. The minimum absolute atomic E-state index is 0.375. The molecule has 0 spiro atoms. The van der Waals surface area contributed by atoms with Crippen LogP contribution in [0, 0.1) is 13.8 Å². The number of hydrogen-bond acceptors (Lipinski definition) is 8. The van der Waals surface area contributed by atoms with E-state index in [1.807, 2.05) is 19.9 Å². The number of pyridine rings is 1. The van der Waals surface area contributed by atoms with Crippen molar-refractivity contribution in [2.24, 2.45) is 0 Å². The van der Waals surface area contributed by atoms with Crippen LogP contribution < -0.4 is 4.74 Å². The van der Waals surface area contributed by atoms with E-state index in [2.05, 4.69) is 15.0 Å². The van der Waals surface area contributed by atoms with Crippen molar-refractivity contribution in [1.82, 2.24) is 15.0 Å². The first-order valence-electron chi connectivity index (χ1n) is 8.88. The van der Waals surface area contributed by atoms with Gasteiger partial charge in [0, 0.05) is 23.2 Å². The van der Waals surface area contributed by atoms with Crippen molar-refractivity contribution in [1.29, 1.82) is 0 Å². The standard InChI is InChI=1S/C19H21N3O5S/c1-11-6-7-20-12(2)14(11)9-28-19-21-15-5-3-4-13(15)18(22-19)27-10-26-17(25)8-16(23)24/h6-7H,3-5,8-10H2,1-2H3,(H,23,24). The monoisotopic (exact) mass is 403 g/mol. The molecule has 1 aliphatic rings. The van der Waals surface area contributed by atoms with E-state index in [1.54, 1.807) is 6.20 Å². The molecule has 1 N–H and O–H groups in total. The van der Waals surface area contributed by atoms with Crippen LogP contribution >= 0.6 is 11.8 Å². The molecule has 0 unspecified atom stereocenters. The average Bonchev–Trinajstić information content (AvgIpc) is 3.09. The summed E-state index contributed by atoms with van der Waals surface area (Å²) in [6.07, 6.45) is 3.72. The molecule has 1 aliphatic carbocycles. The number of carbonyl (C=O) groups excluding carboxylic acids is 1. The highest BCUT2D eigenvalue weighted by atomic mass is 32.2. The van der Waals surface area contributed by atoms with Gasteiger partial charge in [-0.15, -0.1) is 0 Å². The second kappa shape index (κ2) is 9.01. The Balaban J connectivity index is 1.69. The molecule has 8 nitrogen and oxygen atoms in total. The number of aryl methyl sites for hydroxylation is 3. The third-order valence-electron chi connectivity index (χ3n) is 4.44. The summed E-state index contributed by atoms with van der Waals surface area (Å²) in [5.41, 5.74) is 5.18. The first kappa shape index (κ1) is 20.1. The van der Waals surface area contributed by atoms with Crippen LogP contribution in [0.25, 0.3) is 0 Å². The number of fused-ring (bicyclic) bond motifs is 1. The maximum atomic E-state index is 11.3. The molecular weight excluding hydrogens is 382 g/mol. The number of rotatable bonds is 8. The zero-order valence-electron chi connectivity index (χ0n) is 15.7. The maximum absolute atomic E-state index is 11.3. The summed E-state index contributed by atoms with van der Waals surface area (Å²) in [5, 5.41) is 9.18. The summed E-state index contributed by atoms with van der Waals surface area (Å²) in [5.74, 6) is -1.01. The fraction of sp³-hybridized carbons (Fsp3) is 0.421. The number of nitrogens with zero attached hydrogens (tertiary/aromatic N) is 3. The van der Waals surface area contributed by atoms with Crippen LogP contribution in [-0.4, -0.2) is 38.8 Å². The molecule has 0 amide bonds. The molecule has 0 fully saturated rings. The summed E-state index contributed by atoms with van der Waals surface area (Å²) >= 11 is 1.50. The summed E-state index contributed by atoms with van der Waals surface area (Å²) in [6, 6.07) is 1.98. The number of carbonyl (C=O) groups is 2. The van der Waals surface area contributed by atoms with E-state index in [0.717, 1.165) is 41.8 Å². The van der Waals surface area contributed by atoms with E-state index in [-0.39, 0.29) is 6.79 Å².